The molecule has 0 heterocycles. The van der Waals surface area contributed by atoms with Gasteiger partial charge in [-0.05, 0) is 60.0 Å². The van der Waals surface area contributed by atoms with Crippen molar-refractivity contribution in [3.63, 3.8) is 0 Å². The summed E-state index contributed by atoms with van der Waals surface area (Å²) in [5.41, 5.74) is 4.77. The molecule has 0 aliphatic heterocycles. The van der Waals surface area contributed by atoms with Gasteiger partial charge in [0.15, 0.2) is 0 Å². The second-order valence-corrected chi connectivity index (χ2v) is 6.96. The van der Waals surface area contributed by atoms with Gasteiger partial charge in [-0.2, -0.15) is 5.10 Å². The molecular formula is C23H19ClFN3O3. The van der Waals surface area contributed by atoms with E-state index >= 15 is 0 Å². The fraction of sp³-hybridized carbons (Fsp3) is 0.0870. The molecule has 158 valence electrons. The van der Waals surface area contributed by atoms with E-state index in [1.54, 1.807) is 61.5 Å². The summed E-state index contributed by atoms with van der Waals surface area (Å²) in [6.07, 6.45) is 1.39. The minimum atomic E-state index is -0.917. The Hall–Kier alpha value is -3.71. The number of hydrogen-bond acceptors (Lipinski definition) is 4. The molecule has 2 N–H and O–H groups in total. The fourth-order valence-electron chi connectivity index (χ4n) is 2.57. The molecule has 3 rings (SSSR count). The molecule has 0 aromatic heterocycles. The van der Waals surface area contributed by atoms with Gasteiger partial charge in [0.05, 0.1) is 6.21 Å². The highest BCUT2D eigenvalue weighted by atomic mass is 35.5. The van der Waals surface area contributed by atoms with Crippen LogP contribution in [0.2, 0.25) is 5.02 Å². The van der Waals surface area contributed by atoms with Crippen molar-refractivity contribution in [2.45, 2.75) is 13.5 Å². The maximum atomic E-state index is 13.0. The number of carbonyl (C=O) groups excluding carboxylic acids is 2. The first-order valence-electron chi connectivity index (χ1n) is 9.29. The molecule has 0 fully saturated rings. The number of carbonyl (C=O) groups is 2. The Kier molecular flexibility index (Phi) is 7.35. The minimum absolute atomic E-state index is 0.278. The molecule has 0 saturated carbocycles. The van der Waals surface area contributed by atoms with Gasteiger partial charge in [-0.15, -0.1) is 0 Å². The Bertz CT molecular complexity index is 1120. The molecule has 0 bridgehead atoms. The Morgan fingerprint density at radius 3 is 2.58 bits per heavy atom. The van der Waals surface area contributed by atoms with Crippen LogP contribution < -0.4 is 15.5 Å². The fourth-order valence-corrected chi connectivity index (χ4v) is 2.74. The van der Waals surface area contributed by atoms with Crippen molar-refractivity contribution in [2.75, 3.05) is 5.32 Å². The molecule has 6 nitrogen and oxygen atoms in total. The number of nitrogens with one attached hydrogen (secondary N) is 2. The topological polar surface area (TPSA) is 79.8 Å². The molecule has 0 atom stereocenters. The van der Waals surface area contributed by atoms with Crippen molar-refractivity contribution in [3.8, 4) is 5.75 Å². The van der Waals surface area contributed by atoms with E-state index in [-0.39, 0.29) is 12.4 Å². The van der Waals surface area contributed by atoms with Crippen LogP contribution in [0.4, 0.5) is 10.1 Å². The number of hydrazone groups is 1. The molecule has 0 aliphatic carbocycles. The van der Waals surface area contributed by atoms with Crippen molar-refractivity contribution in [2.24, 2.45) is 5.10 Å². The highest BCUT2D eigenvalue weighted by Gasteiger charge is 2.14. The van der Waals surface area contributed by atoms with E-state index in [0.29, 0.717) is 27.6 Å². The second-order valence-electron chi connectivity index (χ2n) is 6.55. The summed E-state index contributed by atoms with van der Waals surface area (Å²) in [6, 6.07) is 18.0. The van der Waals surface area contributed by atoms with Gasteiger partial charge in [0.1, 0.15) is 18.2 Å². The van der Waals surface area contributed by atoms with Crippen LogP contribution in [0.1, 0.15) is 16.7 Å². The van der Waals surface area contributed by atoms with Crippen molar-refractivity contribution < 1.29 is 18.7 Å². The Morgan fingerprint density at radius 2 is 1.81 bits per heavy atom. The van der Waals surface area contributed by atoms with Crippen LogP contribution in [0.15, 0.2) is 71.8 Å². The van der Waals surface area contributed by atoms with Crippen LogP contribution in [0, 0.1) is 12.7 Å². The van der Waals surface area contributed by atoms with E-state index in [4.69, 9.17) is 16.3 Å². The summed E-state index contributed by atoms with van der Waals surface area (Å²) in [4.78, 5) is 24.0. The summed E-state index contributed by atoms with van der Waals surface area (Å²) in [7, 11) is 0. The van der Waals surface area contributed by atoms with Gasteiger partial charge in [0.25, 0.3) is 0 Å². The molecule has 2 amide bonds. The molecule has 3 aromatic rings. The van der Waals surface area contributed by atoms with Crippen LogP contribution in [0.3, 0.4) is 0 Å². The molecular weight excluding hydrogens is 421 g/mol. The van der Waals surface area contributed by atoms with E-state index in [2.05, 4.69) is 15.8 Å². The van der Waals surface area contributed by atoms with Gasteiger partial charge in [-0.3, -0.25) is 9.59 Å². The SMILES string of the molecule is Cc1c(Cl)cccc1NC(=O)C(=O)N/N=C/c1cccc(OCc2ccc(F)cc2)c1. The predicted molar refractivity (Wildman–Crippen MR) is 118 cm³/mol. The molecule has 8 heteroatoms. The number of halogens is 2. The normalized spacial score (nSPS) is 10.7. The molecule has 0 spiro atoms. The largest absolute Gasteiger partial charge is 0.489 e. The van der Waals surface area contributed by atoms with E-state index < -0.39 is 11.8 Å². The maximum absolute atomic E-state index is 13.0. The minimum Gasteiger partial charge on any atom is -0.489 e. The van der Waals surface area contributed by atoms with Crippen LogP contribution in [-0.2, 0) is 16.2 Å². The number of benzene rings is 3. The Balaban J connectivity index is 1.53. The number of anilines is 1. The van der Waals surface area contributed by atoms with Crippen molar-refractivity contribution in [3.05, 3.63) is 94.3 Å². The van der Waals surface area contributed by atoms with Crippen molar-refractivity contribution in [1.82, 2.24) is 5.43 Å². The van der Waals surface area contributed by atoms with Crippen molar-refractivity contribution in [1.29, 1.82) is 0 Å². The van der Waals surface area contributed by atoms with E-state index in [9.17, 15) is 14.0 Å². The zero-order valence-electron chi connectivity index (χ0n) is 16.6. The van der Waals surface area contributed by atoms with Gasteiger partial charge in [-0.1, -0.05) is 41.9 Å². The number of rotatable bonds is 6. The molecule has 0 saturated heterocycles. The lowest BCUT2D eigenvalue weighted by molar-refractivity contribution is -0.136. The third kappa shape index (κ3) is 6.38. The summed E-state index contributed by atoms with van der Waals surface area (Å²) in [5.74, 6) is -1.51. The highest BCUT2D eigenvalue weighted by Crippen LogP contribution is 2.22. The summed E-state index contributed by atoms with van der Waals surface area (Å²) >= 11 is 6.00. The lowest BCUT2D eigenvalue weighted by atomic mass is 10.2. The zero-order valence-corrected chi connectivity index (χ0v) is 17.3. The first-order chi connectivity index (χ1) is 14.9. The third-order valence-electron chi connectivity index (χ3n) is 4.28. The first kappa shape index (κ1) is 22.0. The van der Waals surface area contributed by atoms with Gasteiger partial charge in [0, 0.05) is 10.7 Å². The van der Waals surface area contributed by atoms with Crippen LogP contribution in [0.5, 0.6) is 5.75 Å². The Morgan fingerprint density at radius 1 is 1.06 bits per heavy atom. The summed E-state index contributed by atoms with van der Waals surface area (Å²) in [6.45, 7) is 2.01. The first-order valence-corrected chi connectivity index (χ1v) is 9.67. The van der Waals surface area contributed by atoms with Crippen molar-refractivity contribution >= 4 is 35.3 Å². The average molecular weight is 440 g/mol. The lowest BCUT2D eigenvalue weighted by Gasteiger charge is -2.08. The average Bonchev–Trinajstić information content (AvgIpc) is 2.77. The van der Waals surface area contributed by atoms with Gasteiger partial charge in [0.2, 0.25) is 0 Å². The van der Waals surface area contributed by atoms with Crippen LogP contribution in [0.25, 0.3) is 0 Å². The zero-order chi connectivity index (χ0) is 22.2. The molecule has 3 aromatic carbocycles. The third-order valence-corrected chi connectivity index (χ3v) is 4.69. The van der Waals surface area contributed by atoms with E-state index in [1.165, 1.54) is 18.3 Å². The smallest absolute Gasteiger partial charge is 0.329 e. The van der Waals surface area contributed by atoms with Gasteiger partial charge < -0.3 is 10.1 Å². The van der Waals surface area contributed by atoms with E-state index in [0.717, 1.165) is 5.56 Å². The maximum Gasteiger partial charge on any atom is 0.329 e. The molecule has 0 radical (unpaired) electrons. The molecule has 0 unspecified atom stereocenters. The highest BCUT2D eigenvalue weighted by molar-refractivity contribution is 6.40. The summed E-state index contributed by atoms with van der Waals surface area (Å²) in [5, 5.41) is 6.78. The van der Waals surface area contributed by atoms with Gasteiger partial charge in [-0.25, -0.2) is 9.82 Å². The van der Waals surface area contributed by atoms with Crippen LogP contribution >= 0.6 is 11.6 Å². The second kappa shape index (κ2) is 10.4. The number of amides is 2. The standard InChI is InChI=1S/C23H19ClFN3O3/c1-15-20(24)6-3-7-21(15)27-22(29)23(30)28-26-13-17-4-2-5-19(12-17)31-14-16-8-10-18(25)11-9-16/h2-13H,14H2,1H3,(H,27,29)(H,28,30)/b26-13+. The molecule has 31 heavy (non-hydrogen) atoms. The number of ether oxygens (including phenoxy) is 1. The molecule has 0 aliphatic rings. The van der Waals surface area contributed by atoms with Crippen LogP contribution in [-0.4, -0.2) is 18.0 Å². The van der Waals surface area contributed by atoms with Gasteiger partial charge >= 0.3 is 11.8 Å². The quantitative estimate of drug-likeness (QED) is 0.338. The monoisotopic (exact) mass is 439 g/mol. The lowest BCUT2D eigenvalue weighted by Crippen LogP contribution is -2.32. The number of hydrogen-bond donors (Lipinski definition) is 2. The summed E-state index contributed by atoms with van der Waals surface area (Å²) < 4.78 is 18.6. The Labute approximate surface area is 183 Å². The predicted octanol–water partition coefficient (Wildman–Crippen LogP) is 4.46. The van der Waals surface area contributed by atoms with E-state index in [1.807, 2.05) is 0 Å². The number of nitrogens with zero attached hydrogens (tertiary/aromatic N) is 1.